The largest absolute Gasteiger partial charge is 0.508 e. The summed E-state index contributed by atoms with van der Waals surface area (Å²) in [6.07, 6.45) is 1.76. The van der Waals surface area contributed by atoms with Crippen molar-refractivity contribution in [2.45, 2.75) is 37.3 Å². The molecule has 3 atom stereocenters. The highest BCUT2D eigenvalue weighted by atomic mass is 16.3. The van der Waals surface area contributed by atoms with Crippen molar-refractivity contribution < 1.29 is 9.90 Å². The van der Waals surface area contributed by atoms with Gasteiger partial charge in [0.05, 0.1) is 17.7 Å². The van der Waals surface area contributed by atoms with E-state index in [2.05, 4.69) is 30.3 Å². The molecule has 2 bridgehead atoms. The number of carbonyl (C=O) groups is 1. The highest BCUT2D eigenvalue weighted by Crippen LogP contribution is 2.47. The molecule has 0 aromatic heterocycles. The number of carbonyl (C=O) groups excluding carboxylic acids is 1. The Labute approximate surface area is 171 Å². The standard InChI is InChI=1S/C23H26N4O2/c1-23-10-11-26(2)20(12-16-6-9-18(28)13-19(16)23)21(23)27(3)22(29)25-17-7-4-15(14-24)5-8-17/h4-9,13,20-21,28H,10-12H2,1-3H3,(H,25,29)/t20?,21-,23+/m0/s1. The van der Waals surface area contributed by atoms with Crippen LogP contribution in [0.5, 0.6) is 5.75 Å². The SMILES string of the molecule is CN1CC[C@]2(C)c3cc(O)ccc3CC1[C@@H]2N(C)C(=O)Nc1ccc(C#N)cc1. The number of piperidine rings is 1. The van der Waals surface area contributed by atoms with E-state index < -0.39 is 0 Å². The van der Waals surface area contributed by atoms with E-state index in [1.807, 2.05) is 24.1 Å². The van der Waals surface area contributed by atoms with E-state index in [4.69, 9.17) is 5.26 Å². The first-order chi connectivity index (χ1) is 13.8. The van der Waals surface area contributed by atoms with Gasteiger partial charge in [-0.25, -0.2) is 4.79 Å². The van der Waals surface area contributed by atoms with Crippen LogP contribution < -0.4 is 5.32 Å². The van der Waals surface area contributed by atoms with E-state index in [9.17, 15) is 9.90 Å². The second-order valence-corrected chi connectivity index (χ2v) is 8.44. The fraction of sp³-hybridized carbons (Fsp3) is 0.391. The number of phenols is 1. The molecule has 1 heterocycles. The monoisotopic (exact) mass is 390 g/mol. The zero-order chi connectivity index (χ0) is 20.8. The van der Waals surface area contributed by atoms with Gasteiger partial charge >= 0.3 is 6.03 Å². The summed E-state index contributed by atoms with van der Waals surface area (Å²) in [5.41, 5.74) is 3.38. The van der Waals surface area contributed by atoms with Crippen molar-refractivity contribution in [2.75, 3.05) is 26.0 Å². The Morgan fingerprint density at radius 1 is 1.31 bits per heavy atom. The zero-order valence-corrected chi connectivity index (χ0v) is 17.0. The van der Waals surface area contributed by atoms with Crippen molar-refractivity contribution in [2.24, 2.45) is 0 Å². The van der Waals surface area contributed by atoms with Crippen LogP contribution in [0.4, 0.5) is 10.5 Å². The Morgan fingerprint density at radius 3 is 2.72 bits per heavy atom. The van der Waals surface area contributed by atoms with Gasteiger partial charge in [-0.3, -0.25) is 0 Å². The quantitative estimate of drug-likeness (QED) is 0.824. The number of likely N-dealkylation sites (N-methyl/N-ethyl adjacent to an activating group) is 2. The summed E-state index contributed by atoms with van der Waals surface area (Å²) in [5, 5.41) is 22.0. The highest BCUT2D eigenvalue weighted by molar-refractivity contribution is 5.89. The first kappa shape index (κ1) is 19.3. The second kappa shape index (κ2) is 7.09. The van der Waals surface area contributed by atoms with Gasteiger partial charge in [-0.05, 0) is 74.0 Å². The van der Waals surface area contributed by atoms with Crippen molar-refractivity contribution in [3.05, 3.63) is 59.2 Å². The summed E-state index contributed by atoms with van der Waals surface area (Å²) in [5.74, 6) is 0.269. The molecule has 2 aromatic rings. The smallest absolute Gasteiger partial charge is 0.321 e. The summed E-state index contributed by atoms with van der Waals surface area (Å²) < 4.78 is 0. The Hall–Kier alpha value is -3.04. The number of hydrogen-bond acceptors (Lipinski definition) is 4. The number of likely N-dealkylation sites (tertiary alicyclic amines) is 1. The molecule has 2 N–H and O–H groups in total. The molecule has 2 amide bonds. The molecule has 6 heteroatoms. The third-order valence-corrected chi connectivity index (χ3v) is 6.71. The van der Waals surface area contributed by atoms with Gasteiger partial charge < -0.3 is 20.2 Å². The Morgan fingerprint density at radius 2 is 2.03 bits per heavy atom. The van der Waals surface area contributed by atoms with Crippen molar-refractivity contribution in [3.63, 3.8) is 0 Å². The summed E-state index contributed by atoms with van der Waals surface area (Å²) in [4.78, 5) is 17.3. The first-order valence-electron chi connectivity index (χ1n) is 9.90. The maximum atomic E-state index is 13.1. The lowest BCUT2D eigenvalue weighted by molar-refractivity contribution is 0.0213. The molecule has 0 saturated carbocycles. The van der Waals surface area contributed by atoms with Crippen LogP contribution in [0.15, 0.2) is 42.5 Å². The lowest BCUT2D eigenvalue weighted by atomic mass is 9.61. The number of nitriles is 1. The summed E-state index contributed by atoms with van der Waals surface area (Å²) in [6.45, 7) is 3.17. The van der Waals surface area contributed by atoms with Crippen LogP contribution in [-0.2, 0) is 11.8 Å². The number of hydrogen-bond donors (Lipinski definition) is 2. The van der Waals surface area contributed by atoms with Gasteiger partial charge in [0.25, 0.3) is 0 Å². The summed E-state index contributed by atoms with van der Waals surface area (Å²) in [7, 11) is 3.97. The van der Waals surface area contributed by atoms with Gasteiger partial charge in [0.2, 0.25) is 0 Å². The van der Waals surface area contributed by atoms with Crippen LogP contribution in [0.2, 0.25) is 0 Å². The molecule has 2 aromatic carbocycles. The third-order valence-electron chi connectivity index (χ3n) is 6.71. The second-order valence-electron chi connectivity index (χ2n) is 8.44. The van der Waals surface area contributed by atoms with Crippen LogP contribution in [0.3, 0.4) is 0 Å². The number of rotatable bonds is 2. The molecule has 1 aliphatic heterocycles. The van der Waals surface area contributed by atoms with Crippen LogP contribution in [0, 0.1) is 11.3 Å². The highest BCUT2D eigenvalue weighted by Gasteiger charge is 2.52. The lowest BCUT2D eigenvalue weighted by Crippen LogP contribution is -2.67. The molecule has 1 unspecified atom stereocenters. The van der Waals surface area contributed by atoms with E-state index >= 15 is 0 Å². The number of benzene rings is 2. The van der Waals surface area contributed by atoms with Crippen molar-refractivity contribution in [3.8, 4) is 11.8 Å². The van der Waals surface area contributed by atoms with E-state index in [0.717, 1.165) is 24.9 Å². The fourth-order valence-electron chi connectivity index (χ4n) is 5.10. The Kier molecular flexibility index (Phi) is 4.71. The van der Waals surface area contributed by atoms with Gasteiger partial charge in [0.1, 0.15) is 5.75 Å². The molecule has 1 saturated heterocycles. The number of anilines is 1. The molecule has 1 fully saturated rings. The summed E-state index contributed by atoms with van der Waals surface area (Å²) >= 11 is 0. The number of urea groups is 1. The van der Waals surface area contributed by atoms with Crippen LogP contribution >= 0.6 is 0 Å². The minimum Gasteiger partial charge on any atom is -0.508 e. The van der Waals surface area contributed by atoms with Gasteiger partial charge in [-0.2, -0.15) is 5.26 Å². The molecule has 1 aliphatic carbocycles. The number of nitrogens with one attached hydrogen (secondary N) is 1. The number of amides is 2. The molecule has 2 aliphatic rings. The zero-order valence-electron chi connectivity index (χ0n) is 17.0. The van der Waals surface area contributed by atoms with Gasteiger partial charge in [0, 0.05) is 24.2 Å². The molecular formula is C23H26N4O2. The Bertz CT molecular complexity index is 981. The average molecular weight is 390 g/mol. The molecule has 150 valence electrons. The molecule has 6 nitrogen and oxygen atoms in total. The molecule has 0 radical (unpaired) electrons. The molecule has 0 spiro atoms. The summed E-state index contributed by atoms with van der Waals surface area (Å²) in [6, 6.07) is 14.6. The van der Waals surface area contributed by atoms with Crippen LogP contribution in [-0.4, -0.2) is 53.7 Å². The van der Waals surface area contributed by atoms with E-state index in [0.29, 0.717) is 11.3 Å². The van der Waals surface area contributed by atoms with E-state index in [1.54, 1.807) is 30.3 Å². The van der Waals surface area contributed by atoms with Crippen molar-refractivity contribution >= 4 is 11.7 Å². The van der Waals surface area contributed by atoms with Crippen LogP contribution in [0.25, 0.3) is 0 Å². The van der Waals surface area contributed by atoms with Gasteiger partial charge in [-0.1, -0.05) is 13.0 Å². The normalized spacial score (nSPS) is 25.6. The lowest BCUT2D eigenvalue weighted by Gasteiger charge is -2.57. The van der Waals surface area contributed by atoms with Crippen molar-refractivity contribution in [1.29, 1.82) is 5.26 Å². The number of aromatic hydroxyl groups is 1. The minimum atomic E-state index is -0.236. The maximum Gasteiger partial charge on any atom is 0.321 e. The predicted octanol–water partition coefficient (Wildman–Crippen LogP) is 3.31. The maximum absolute atomic E-state index is 13.1. The van der Waals surface area contributed by atoms with Crippen LogP contribution in [0.1, 0.15) is 30.0 Å². The topological polar surface area (TPSA) is 79.6 Å². The Balaban J connectivity index is 1.65. The fourth-order valence-corrected chi connectivity index (χ4v) is 5.10. The predicted molar refractivity (Wildman–Crippen MR) is 112 cm³/mol. The van der Waals surface area contributed by atoms with Crippen molar-refractivity contribution in [1.82, 2.24) is 9.80 Å². The van der Waals surface area contributed by atoms with E-state index in [-0.39, 0.29) is 29.3 Å². The molecular weight excluding hydrogens is 364 g/mol. The average Bonchev–Trinajstić information content (AvgIpc) is 2.71. The minimum absolute atomic E-state index is 0.0195. The van der Waals surface area contributed by atoms with E-state index in [1.165, 1.54) is 5.56 Å². The first-order valence-corrected chi connectivity index (χ1v) is 9.90. The number of fused-ring (bicyclic) bond motifs is 4. The van der Waals surface area contributed by atoms with Gasteiger partial charge in [0.15, 0.2) is 0 Å². The number of nitrogens with zero attached hydrogens (tertiary/aromatic N) is 3. The number of phenolic OH excluding ortho intramolecular Hbond substituents is 1. The molecule has 29 heavy (non-hydrogen) atoms. The molecule has 4 rings (SSSR count). The van der Waals surface area contributed by atoms with Gasteiger partial charge in [-0.15, -0.1) is 0 Å². The third kappa shape index (κ3) is 3.22.